The van der Waals surface area contributed by atoms with Crippen LogP contribution in [0.1, 0.15) is 37.5 Å². The van der Waals surface area contributed by atoms with Crippen LogP contribution in [-0.4, -0.2) is 35.2 Å². The molecule has 8 nitrogen and oxygen atoms in total. The summed E-state index contributed by atoms with van der Waals surface area (Å²) >= 11 is 1.30. The minimum atomic E-state index is -0.284. The number of thioether (sulfide) groups is 1. The molecule has 0 unspecified atom stereocenters. The van der Waals surface area contributed by atoms with Gasteiger partial charge in [0, 0.05) is 0 Å². The fourth-order valence-corrected chi connectivity index (χ4v) is 4.51. The number of amides is 1. The molecule has 1 amide bonds. The van der Waals surface area contributed by atoms with E-state index >= 15 is 0 Å². The maximum Gasteiger partial charge on any atom is 0.342 e. The van der Waals surface area contributed by atoms with Gasteiger partial charge in [0.15, 0.2) is 0 Å². The summed E-state index contributed by atoms with van der Waals surface area (Å²) in [6.45, 7) is 8.61. The summed E-state index contributed by atoms with van der Waals surface area (Å²) in [7, 11) is 1.43. The molecule has 0 fully saturated rings. The quantitative estimate of drug-likeness (QED) is 0.153. The Bertz CT molecular complexity index is 1440. The van der Waals surface area contributed by atoms with Crippen LogP contribution in [-0.2, 0) is 10.2 Å². The van der Waals surface area contributed by atoms with Gasteiger partial charge in [-0.05, 0) is 65.6 Å². The van der Waals surface area contributed by atoms with Crippen molar-refractivity contribution in [2.45, 2.75) is 38.3 Å². The van der Waals surface area contributed by atoms with Gasteiger partial charge >= 0.3 is 5.16 Å². The van der Waals surface area contributed by atoms with E-state index in [-0.39, 0.29) is 28.6 Å². The van der Waals surface area contributed by atoms with E-state index in [1.165, 1.54) is 36.7 Å². The first-order valence-electron chi connectivity index (χ1n) is 12.1. The Balaban J connectivity index is 1.52. The highest BCUT2D eigenvalue weighted by Gasteiger charge is 2.25. The van der Waals surface area contributed by atoms with E-state index in [2.05, 4.69) is 65.8 Å². The lowest BCUT2D eigenvalue weighted by Gasteiger charge is -2.18. The monoisotopic (exact) mass is 529 g/mol. The van der Waals surface area contributed by atoms with E-state index in [9.17, 15) is 9.90 Å². The van der Waals surface area contributed by atoms with Crippen molar-refractivity contribution in [3.8, 4) is 28.6 Å². The molecule has 9 heteroatoms. The highest BCUT2D eigenvalue weighted by Crippen LogP contribution is 2.26. The molecule has 1 aromatic heterocycles. The van der Waals surface area contributed by atoms with E-state index in [1.54, 1.807) is 12.1 Å². The number of aromatic amines is 1. The van der Waals surface area contributed by atoms with Gasteiger partial charge in [-0.25, -0.2) is 5.43 Å². The Kier molecular flexibility index (Phi) is 8.16. The van der Waals surface area contributed by atoms with Gasteiger partial charge in [-0.15, -0.1) is 5.10 Å². The van der Waals surface area contributed by atoms with Crippen LogP contribution < -0.4 is 19.8 Å². The van der Waals surface area contributed by atoms with Crippen LogP contribution in [0, 0.1) is 6.92 Å². The third kappa shape index (κ3) is 6.41. The van der Waals surface area contributed by atoms with Gasteiger partial charge in [-0.3, -0.25) is 4.79 Å². The van der Waals surface area contributed by atoms with Crippen LogP contribution in [0.25, 0.3) is 17.1 Å². The number of hydrazone groups is 1. The van der Waals surface area contributed by atoms with Crippen molar-refractivity contribution in [1.29, 1.82) is 0 Å². The summed E-state index contributed by atoms with van der Waals surface area (Å²) in [6, 6.07) is 21.2. The van der Waals surface area contributed by atoms with Gasteiger partial charge in [0.05, 0.1) is 29.7 Å². The normalized spacial score (nSPS) is 11.6. The molecule has 0 saturated carbocycles. The maximum atomic E-state index is 12.5. The Morgan fingerprint density at radius 1 is 1.13 bits per heavy atom. The predicted molar refractivity (Wildman–Crippen MR) is 148 cm³/mol. The lowest BCUT2D eigenvalue weighted by Crippen LogP contribution is -2.34. The van der Waals surface area contributed by atoms with E-state index in [0.29, 0.717) is 10.7 Å². The number of H-pyrrole nitrogens is 1. The molecule has 4 aromatic rings. The molecule has 0 aliphatic heterocycles. The molecule has 38 heavy (non-hydrogen) atoms. The maximum absolute atomic E-state index is 12.5. The zero-order valence-corrected chi connectivity index (χ0v) is 22.9. The van der Waals surface area contributed by atoms with Crippen LogP contribution >= 0.6 is 11.8 Å². The number of aryl methyl sites for hydroxylation is 1. The number of carbonyl (C=O) groups excluding carboxylic acids is 1. The van der Waals surface area contributed by atoms with Crippen LogP contribution in [0.2, 0.25) is 0 Å². The van der Waals surface area contributed by atoms with E-state index in [0.717, 1.165) is 22.6 Å². The number of nitrogens with one attached hydrogen (secondary N) is 2. The van der Waals surface area contributed by atoms with Crippen LogP contribution in [0.4, 0.5) is 0 Å². The van der Waals surface area contributed by atoms with Crippen molar-refractivity contribution in [2.75, 3.05) is 12.9 Å². The largest absolute Gasteiger partial charge is 0.870 e. The van der Waals surface area contributed by atoms with E-state index < -0.39 is 0 Å². The number of aromatic nitrogens is 3. The number of rotatable bonds is 8. The molecule has 1 heterocycles. The number of hydrogen-bond acceptors (Lipinski definition) is 6. The van der Waals surface area contributed by atoms with Gasteiger partial charge < -0.3 is 9.84 Å². The smallest absolute Gasteiger partial charge is 0.342 e. The average molecular weight is 530 g/mol. The fourth-order valence-electron chi connectivity index (χ4n) is 3.75. The molecule has 0 saturated heterocycles. The van der Waals surface area contributed by atoms with Crippen molar-refractivity contribution in [2.24, 2.45) is 5.10 Å². The number of ether oxygens (including phenoxy) is 1. The minimum absolute atomic E-state index is 0.0574. The Labute approximate surface area is 226 Å². The molecular weight excluding hydrogens is 498 g/mol. The van der Waals surface area contributed by atoms with Crippen molar-refractivity contribution in [3.05, 3.63) is 83.4 Å². The number of benzene rings is 3. The van der Waals surface area contributed by atoms with E-state index in [1.807, 2.05) is 35.8 Å². The average Bonchev–Trinajstić information content (AvgIpc) is 3.32. The first-order chi connectivity index (χ1) is 18.2. The molecule has 0 atom stereocenters. The molecule has 2 N–H and O–H groups in total. The molecule has 0 spiro atoms. The van der Waals surface area contributed by atoms with Gasteiger partial charge in [0.2, 0.25) is 0 Å². The fraction of sp³-hybridized carbons (Fsp3) is 0.241. The summed E-state index contributed by atoms with van der Waals surface area (Å²) < 4.78 is 7.05. The summed E-state index contributed by atoms with van der Waals surface area (Å²) in [6.07, 6.45) is 1.46. The van der Waals surface area contributed by atoms with Crippen LogP contribution in [0.15, 0.2) is 77.0 Å². The topological polar surface area (TPSA) is 106 Å². The molecule has 4 rings (SSSR count). The third-order valence-electron chi connectivity index (χ3n) is 5.91. The second-order valence-electron chi connectivity index (χ2n) is 9.85. The summed E-state index contributed by atoms with van der Waals surface area (Å²) in [5.74, 6) is 0.660. The third-order valence-corrected chi connectivity index (χ3v) is 6.85. The Morgan fingerprint density at radius 3 is 2.50 bits per heavy atom. The standard InChI is InChI=1S/C29H31N5O3S/c1-19-6-13-23(14-7-19)34-27(21-9-11-22(12-10-21)29(2,3)4)32-33-28(34)38-18-26(36)31-30-17-20-8-15-24(35)25(16-20)37-5/h6-17H,18H2,1-5H3,(H2,30,31,35,36). The lowest BCUT2D eigenvalue weighted by molar-refractivity contribution is -0.625. The highest BCUT2D eigenvalue weighted by atomic mass is 32.2. The van der Waals surface area contributed by atoms with Crippen molar-refractivity contribution in [1.82, 2.24) is 15.6 Å². The minimum Gasteiger partial charge on any atom is -0.870 e. The zero-order valence-electron chi connectivity index (χ0n) is 22.1. The predicted octanol–water partition coefficient (Wildman–Crippen LogP) is 4.28. The van der Waals surface area contributed by atoms with Gasteiger partial charge in [0.25, 0.3) is 11.7 Å². The Hall–Kier alpha value is -4.11. The second-order valence-corrected chi connectivity index (χ2v) is 10.8. The molecule has 0 aliphatic carbocycles. The number of methoxy groups -OCH3 is 1. The molecule has 0 aliphatic rings. The molecule has 0 bridgehead atoms. The Morgan fingerprint density at radius 2 is 1.84 bits per heavy atom. The lowest BCUT2D eigenvalue weighted by atomic mass is 9.87. The number of hydrogen-bond donors (Lipinski definition) is 2. The van der Waals surface area contributed by atoms with Crippen molar-refractivity contribution in [3.63, 3.8) is 0 Å². The summed E-state index contributed by atoms with van der Waals surface area (Å²) in [4.78, 5) is 12.5. The first-order valence-corrected chi connectivity index (χ1v) is 13.1. The van der Waals surface area contributed by atoms with Crippen molar-refractivity contribution >= 4 is 23.9 Å². The van der Waals surface area contributed by atoms with Crippen LogP contribution in [0.5, 0.6) is 11.5 Å². The van der Waals surface area contributed by atoms with Crippen LogP contribution in [0.3, 0.4) is 0 Å². The highest BCUT2D eigenvalue weighted by molar-refractivity contribution is 7.99. The van der Waals surface area contributed by atoms with Gasteiger partial charge in [-0.2, -0.15) is 9.67 Å². The molecular formula is C29H31N5O3S. The summed E-state index contributed by atoms with van der Waals surface area (Å²) in [5, 5.41) is 24.0. The number of nitrogens with zero attached hydrogens (tertiary/aromatic N) is 3. The summed E-state index contributed by atoms with van der Waals surface area (Å²) in [5.41, 5.74) is 7.56. The number of carbonyl (C=O) groups is 1. The molecule has 0 radical (unpaired) electrons. The van der Waals surface area contributed by atoms with Crippen molar-refractivity contribution < 1.29 is 19.2 Å². The first kappa shape index (κ1) is 26.9. The molecule has 196 valence electrons. The second kappa shape index (κ2) is 11.5. The van der Waals surface area contributed by atoms with Gasteiger partial charge in [0.1, 0.15) is 11.4 Å². The molecule has 3 aromatic carbocycles. The van der Waals surface area contributed by atoms with Gasteiger partial charge in [-0.1, -0.05) is 68.5 Å². The SMILES string of the molecule is COc1cc(C=NNC(=O)CSc2n[nH]c(-c3ccc(C(C)(C)C)cc3)[n+]2-c2ccc(C)cc2)ccc1[O-]. The van der Waals surface area contributed by atoms with E-state index in [4.69, 9.17) is 4.74 Å². The zero-order chi connectivity index (χ0) is 27.3.